The normalized spacial score (nSPS) is 26.3. The third kappa shape index (κ3) is 3.60. The molecule has 30 heavy (non-hydrogen) atoms. The molecule has 0 spiro atoms. The largest absolute Gasteiger partial charge is 0.345 e. The fourth-order valence-corrected chi connectivity index (χ4v) is 5.31. The minimum Gasteiger partial charge on any atom is -0.345 e. The van der Waals surface area contributed by atoms with Crippen molar-refractivity contribution in [3.05, 3.63) is 35.4 Å². The van der Waals surface area contributed by atoms with Crippen LogP contribution in [0.2, 0.25) is 0 Å². The Balaban J connectivity index is 1.23. The Morgan fingerprint density at radius 1 is 1.00 bits per heavy atom. The Morgan fingerprint density at radius 2 is 1.77 bits per heavy atom. The first-order valence-corrected chi connectivity index (χ1v) is 11.3. The molecule has 7 heteroatoms. The van der Waals surface area contributed by atoms with E-state index in [-0.39, 0.29) is 36.3 Å². The van der Waals surface area contributed by atoms with Gasteiger partial charge in [-0.15, -0.1) is 0 Å². The zero-order valence-electron chi connectivity index (χ0n) is 17.4. The van der Waals surface area contributed by atoms with E-state index < -0.39 is 6.04 Å². The molecule has 3 aliphatic heterocycles. The molecule has 3 heterocycles. The van der Waals surface area contributed by atoms with E-state index in [1.807, 2.05) is 23.1 Å². The van der Waals surface area contributed by atoms with Crippen molar-refractivity contribution in [1.29, 1.82) is 0 Å². The van der Waals surface area contributed by atoms with E-state index >= 15 is 0 Å². The molecule has 2 saturated heterocycles. The molecule has 1 N–H and O–H groups in total. The monoisotopic (exact) mass is 410 g/mol. The number of carbonyl (C=O) groups is 3. The van der Waals surface area contributed by atoms with Crippen molar-refractivity contribution in [2.24, 2.45) is 0 Å². The van der Waals surface area contributed by atoms with Crippen LogP contribution in [0.3, 0.4) is 0 Å². The number of rotatable bonds is 6. The fraction of sp³-hybridized carbons (Fsp3) is 0.609. The number of benzene rings is 1. The van der Waals surface area contributed by atoms with Gasteiger partial charge in [0.1, 0.15) is 6.04 Å². The molecule has 160 valence electrons. The van der Waals surface area contributed by atoms with Crippen LogP contribution in [-0.4, -0.2) is 77.2 Å². The van der Waals surface area contributed by atoms with E-state index in [9.17, 15) is 14.4 Å². The highest BCUT2D eigenvalue weighted by Gasteiger charge is 2.47. The molecular weight excluding hydrogens is 380 g/mol. The number of fused-ring (bicyclic) bond motifs is 1. The molecule has 0 radical (unpaired) electrons. The topological polar surface area (TPSA) is 73.0 Å². The van der Waals surface area contributed by atoms with Crippen molar-refractivity contribution in [2.75, 3.05) is 32.7 Å². The van der Waals surface area contributed by atoms with Crippen LogP contribution in [0, 0.1) is 0 Å². The number of carbonyl (C=O) groups excluding carboxylic acids is 3. The number of nitrogens with zero attached hydrogens (tertiary/aromatic N) is 3. The zero-order chi connectivity index (χ0) is 20.7. The first-order chi connectivity index (χ1) is 14.6. The van der Waals surface area contributed by atoms with E-state index in [4.69, 9.17) is 0 Å². The van der Waals surface area contributed by atoms with Gasteiger partial charge in [0.05, 0.1) is 6.54 Å². The van der Waals surface area contributed by atoms with Crippen LogP contribution in [0.5, 0.6) is 0 Å². The maximum Gasteiger partial charge on any atom is 0.255 e. The Bertz CT molecular complexity index is 847. The highest BCUT2D eigenvalue weighted by Crippen LogP contribution is 2.41. The van der Waals surface area contributed by atoms with Gasteiger partial charge in [0.25, 0.3) is 5.91 Å². The number of hydrogen-bond donors (Lipinski definition) is 1. The highest BCUT2D eigenvalue weighted by molar-refractivity contribution is 6.05. The number of hydrogen-bond acceptors (Lipinski definition) is 4. The van der Waals surface area contributed by atoms with Crippen molar-refractivity contribution >= 4 is 17.7 Å². The van der Waals surface area contributed by atoms with Crippen molar-refractivity contribution in [3.8, 4) is 0 Å². The molecular formula is C23H30N4O3. The van der Waals surface area contributed by atoms with Crippen molar-refractivity contribution in [3.63, 3.8) is 0 Å². The van der Waals surface area contributed by atoms with Gasteiger partial charge in [0.15, 0.2) is 0 Å². The summed E-state index contributed by atoms with van der Waals surface area (Å²) in [4.78, 5) is 44.9. The van der Waals surface area contributed by atoms with Crippen molar-refractivity contribution in [2.45, 2.75) is 56.7 Å². The molecule has 3 amide bonds. The molecule has 1 saturated carbocycles. The van der Waals surface area contributed by atoms with Gasteiger partial charge in [0, 0.05) is 30.7 Å². The second-order valence-corrected chi connectivity index (χ2v) is 9.04. The van der Waals surface area contributed by atoms with Gasteiger partial charge in [-0.2, -0.15) is 0 Å². The third-order valence-corrected chi connectivity index (χ3v) is 6.97. The molecule has 3 fully saturated rings. The highest BCUT2D eigenvalue weighted by atomic mass is 16.2. The summed E-state index contributed by atoms with van der Waals surface area (Å²) in [6.07, 6.45) is 6.43. The van der Waals surface area contributed by atoms with E-state index in [0.29, 0.717) is 5.56 Å². The first kappa shape index (κ1) is 19.5. The van der Waals surface area contributed by atoms with E-state index in [1.165, 1.54) is 12.8 Å². The summed E-state index contributed by atoms with van der Waals surface area (Å²) in [6, 6.07) is 7.12. The lowest BCUT2D eigenvalue weighted by Crippen LogP contribution is -2.48. The van der Waals surface area contributed by atoms with Crippen LogP contribution in [0.15, 0.2) is 24.3 Å². The van der Waals surface area contributed by atoms with Gasteiger partial charge in [-0.05, 0) is 63.2 Å². The molecule has 2 atom stereocenters. The molecule has 1 aliphatic carbocycles. The van der Waals surface area contributed by atoms with Crippen LogP contribution < -0.4 is 5.32 Å². The molecule has 4 aliphatic rings. The summed E-state index contributed by atoms with van der Waals surface area (Å²) in [5, 5.41) is 2.85. The van der Waals surface area contributed by atoms with Gasteiger partial charge in [-0.25, -0.2) is 0 Å². The SMILES string of the molecule is O=C(NCC(=O)N1CCCC1CN1CCCC1)C1c2ccccc2C(=O)N1C1CC1. The van der Waals surface area contributed by atoms with Gasteiger partial charge in [-0.3, -0.25) is 14.4 Å². The van der Waals surface area contributed by atoms with Crippen LogP contribution in [0.1, 0.15) is 60.5 Å². The maximum atomic E-state index is 13.1. The van der Waals surface area contributed by atoms with Crippen LogP contribution in [-0.2, 0) is 9.59 Å². The molecule has 7 nitrogen and oxygen atoms in total. The minimum absolute atomic E-state index is 0.000692. The zero-order valence-corrected chi connectivity index (χ0v) is 17.4. The van der Waals surface area contributed by atoms with E-state index in [1.54, 1.807) is 11.0 Å². The number of nitrogens with one attached hydrogen (secondary N) is 1. The molecule has 1 aromatic rings. The summed E-state index contributed by atoms with van der Waals surface area (Å²) in [5.74, 6) is -0.325. The average Bonchev–Trinajstić information content (AvgIpc) is 3.14. The quantitative estimate of drug-likeness (QED) is 0.772. The van der Waals surface area contributed by atoms with Crippen LogP contribution in [0.4, 0.5) is 0 Å². The van der Waals surface area contributed by atoms with Crippen LogP contribution >= 0.6 is 0 Å². The smallest absolute Gasteiger partial charge is 0.255 e. The Morgan fingerprint density at radius 3 is 2.53 bits per heavy atom. The maximum absolute atomic E-state index is 13.1. The molecule has 1 aromatic carbocycles. The van der Waals surface area contributed by atoms with Gasteiger partial charge >= 0.3 is 0 Å². The van der Waals surface area contributed by atoms with Crippen molar-refractivity contribution in [1.82, 2.24) is 20.0 Å². The summed E-state index contributed by atoms with van der Waals surface area (Å²) < 4.78 is 0. The van der Waals surface area contributed by atoms with E-state index in [2.05, 4.69) is 10.2 Å². The summed E-state index contributed by atoms with van der Waals surface area (Å²) >= 11 is 0. The standard InChI is InChI=1S/C23H30N4O3/c28-20(26-13-5-6-17(26)15-25-11-3-4-12-25)14-24-22(29)21-18-7-1-2-8-19(18)23(30)27(21)16-9-10-16/h1-2,7-8,16-17,21H,3-6,9-15H2,(H,24,29). The Hall–Kier alpha value is -2.41. The molecule has 0 bridgehead atoms. The summed E-state index contributed by atoms with van der Waals surface area (Å²) in [7, 11) is 0. The second-order valence-electron chi connectivity index (χ2n) is 9.04. The number of likely N-dealkylation sites (tertiary alicyclic amines) is 2. The van der Waals surface area contributed by atoms with Crippen molar-refractivity contribution < 1.29 is 14.4 Å². The average molecular weight is 411 g/mol. The summed E-state index contributed by atoms with van der Waals surface area (Å²) in [6.45, 7) is 3.97. The van der Waals surface area contributed by atoms with Gasteiger partial charge < -0.3 is 20.0 Å². The minimum atomic E-state index is -0.618. The van der Waals surface area contributed by atoms with Crippen LogP contribution in [0.25, 0.3) is 0 Å². The fourth-order valence-electron chi connectivity index (χ4n) is 5.31. The van der Waals surface area contributed by atoms with Gasteiger partial charge in [0.2, 0.25) is 11.8 Å². The third-order valence-electron chi connectivity index (χ3n) is 6.97. The lowest BCUT2D eigenvalue weighted by atomic mass is 10.0. The lowest BCUT2D eigenvalue weighted by Gasteiger charge is -2.29. The Kier molecular flexibility index (Phi) is 5.23. The first-order valence-electron chi connectivity index (χ1n) is 11.3. The van der Waals surface area contributed by atoms with Gasteiger partial charge in [-0.1, -0.05) is 18.2 Å². The molecule has 2 unspecified atom stereocenters. The molecule has 0 aromatic heterocycles. The predicted octanol–water partition coefficient (Wildman–Crippen LogP) is 1.55. The molecule has 5 rings (SSSR count). The number of amides is 3. The van der Waals surface area contributed by atoms with E-state index in [0.717, 1.165) is 57.4 Å². The predicted molar refractivity (Wildman–Crippen MR) is 112 cm³/mol. The lowest BCUT2D eigenvalue weighted by molar-refractivity contribution is -0.134. The Labute approximate surface area is 177 Å². The second kappa shape index (κ2) is 8.02. The summed E-state index contributed by atoms with van der Waals surface area (Å²) in [5.41, 5.74) is 1.37.